The summed E-state index contributed by atoms with van der Waals surface area (Å²) in [7, 11) is 0. The zero-order valence-electron chi connectivity index (χ0n) is 20.1. The Morgan fingerprint density at radius 3 is 2.46 bits per heavy atom. The van der Waals surface area contributed by atoms with Crippen LogP contribution in [0.15, 0.2) is 76.9 Å². The fraction of sp³-hybridized carbons (Fsp3) is 0.286. The van der Waals surface area contributed by atoms with Gasteiger partial charge >= 0.3 is 0 Å². The number of furan rings is 1. The third-order valence-corrected chi connectivity index (χ3v) is 5.54. The highest BCUT2D eigenvalue weighted by molar-refractivity contribution is 6.51. The fourth-order valence-electron chi connectivity index (χ4n) is 3.89. The third-order valence-electron chi connectivity index (χ3n) is 5.54. The predicted molar refractivity (Wildman–Crippen MR) is 132 cm³/mol. The van der Waals surface area contributed by atoms with Crippen LogP contribution in [0.5, 0.6) is 11.5 Å². The number of amides is 1. The number of nitrogens with zero attached hydrogens (tertiary/aromatic N) is 1. The highest BCUT2D eigenvalue weighted by atomic mass is 16.5. The van der Waals surface area contributed by atoms with Gasteiger partial charge < -0.3 is 19.0 Å². The van der Waals surface area contributed by atoms with Crippen molar-refractivity contribution in [2.75, 3.05) is 18.1 Å². The zero-order valence-corrected chi connectivity index (χ0v) is 20.1. The van der Waals surface area contributed by atoms with E-state index in [0.29, 0.717) is 47.6 Å². The number of Topliss-reactive ketones (excluding diaryl/α,β-unsaturated/α-hetero) is 1. The van der Waals surface area contributed by atoms with Crippen LogP contribution in [0.4, 0.5) is 5.69 Å². The van der Waals surface area contributed by atoms with Gasteiger partial charge in [-0.3, -0.25) is 14.5 Å². The van der Waals surface area contributed by atoms with Crippen LogP contribution in [-0.2, 0) is 9.59 Å². The third kappa shape index (κ3) is 5.09. The smallest absolute Gasteiger partial charge is 0.300 e. The molecule has 0 aliphatic carbocycles. The van der Waals surface area contributed by atoms with Gasteiger partial charge in [-0.1, -0.05) is 26.8 Å². The van der Waals surface area contributed by atoms with E-state index < -0.39 is 17.7 Å². The quantitative estimate of drug-likeness (QED) is 0.242. The van der Waals surface area contributed by atoms with Gasteiger partial charge in [0.1, 0.15) is 29.1 Å². The van der Waals surface area contributed by atoms with Crippen LogP contribution < -0.4 is 14.4 Å². The number of hydrogen-bond acceptors (Lipinski definition) is 6. The van der Waals surface area contributed by atoms with E-state index in [1.807, 2.05) is 6.92 Å². The Morgan fingerprint density at radius 1 is 1.03 bits per heavy atom. The molecule has 182 valence electrons. The van der Waals surface area contributed by atoms with Gasteiger partial charge in [-0.05, 0) is 60.9 Å². The van der Waals surface area contributed by atoms with Crippen molar-refractivity contribution in [1.82, 2.24) is 0 Å². The topological polar surface area (TPSA) is 89.2 Å². The second kappa shape index (κ2) is 10.5. The number of hydrogen-bond donors (Lipinski definition) is 1. The van der Waals surface area contributed by atoms with Gasteiger partial charge in [0, 0.05) is 17.3 Å². The molecule has 7 nitrogen and oxygen atoms in total. The van der Waals surface area contributed by atoms with Gasteiger partial charge in [-0.2, -0.15) is 0 Å². The van der Waals surface area contributed by atoms with Crippen LogP contribution >= 0.6 is 0 Å². The van der Waals surface area contributed by atoms with Gasteiger partial charge in [0.05, 0.1) is 25.1 Å². The Kier molecular flexibility index (Phi) is 7.25. The van der Waals surface area contributed by atoms with E-state index in [1.165, 1.54) is 11.2 Å². The molecule has 3 aromatic rings. The Morgan fingerprint density at radius 2 is 1.80 bits per heavy atom. The number of anilines is 1. The normalized spacial score (nSPS) is 17.3. The molecule has 1 saturated heterocycles. The number of carbonyl (C=O) groups is 2. The van der Waals surface area contributed by atoms with Crippen molar-refractivity contribution in [2.45, 2.75) is 33.2 Å². The number of carbonyl (C=O) groups excluding carboxylic acids is 2. The first kappa shape index (κ1) is 24.1. The molecule has 0 saturated carbocycles. The summed E-state index contributed by atoms with van der Waals surface area (Å²) in [5.74, 6) is 0.159. The molecular formula is C28H29NO6. The van der Waals surface area contributed by atoms with Crippen LogP contribution in [0, 0.1) is 5.92 Å². The summed E-state index contributed by atoms with van der Waals surface area (Å²) in [5, 5.41) is 11.2. The number of rotatable bonds is 9. The van der Waals surface area contributed by atoms with Crippen LogP contribution in [0.2, 0.25) is 0 Å². The van der Waals surface area contributed by atoms with Crippen molar-refractivity contribution in [3.8, 4) is 11.5 Å². The van der Waals surface area contributed by atoms with E-state index in [-0.39, 0.29) is 11.3 Å². The maximum absolute atomic E-state index is 13.2. The molecule has 1 aliphatic rings. The first-order chi connectivity index (χ1) is 16.9. The van der Waals surface area contributed by atoms with Gasteiger partial charge in [0.2, 0.25) is 0 Å². The number of aliphatic hydroxyl groups excluding tert-OH is 1. The van der Waals surface area contributed by atoms with Crippen LogP contribution in [0.3, 0.4) is 0 Å². The highest BCUT2D eigenvalue weighted by Crippen LogP contribution is 2.43. The van der Waals surface area contributed by atoms with Crippen LogP contribution in [0.25, 0.3) is 5.76 Å². The van der Waals surface area contributed by atoms with Crippen molar-refractivity contribution < 1.29 is 28.6 Å². The lowest BCUT2D eigenvalue weighted by atomic mass is 9.99. The van der Waals surface area contributed by atoms with E-state index in [4.69, 9.17) is 13.9 Å². The summed E-state index contributed by atoms with van der Waals surface area (Å²) in [5.41, 5.74) is 0.829. The molecule has 0 radical (unpaired) electrons. The van der Waals surface area contributed by atoms with Gasteiger partial charge in [0.25, 0.3) is 11.7 Å². The molecule has 1 amide bonds. The number of ether oxygens (including phenoxy) is 2. The molecule has 0 spiro atoms. The Bertz CT molecular complexity index is 1210. The number of aliphatic hydroxyl groups is 1. The molecule has 2 heterocycles. The Labute approximate surface area is 204 Å². The Balaban J connectivity index is 1.75. The minimum atomic E-state index is -0.928. The lowest BCUT2D eigenvalue weighted by Gasteiger charge is -2.23. The first-order valence-corrected chi connectivity index (χ1v) is 11.7. The van der Waals surface area contributed by atoms with Crippen molar-refractivity contribution in [3.05, 3.63) is 83.8 Å². The molecule has 1 fully saturated rings. The SMILES string of the molecule is CCCOc1cccc(N2C(=O)C(=O)/C(=C(\O)c3ccc(OCC(C)C)cc3)C2c2ccco2)c1. The van der Waals surface area contributed by atoms with E-state index in [0.717, 1.165) is 6.42 Å². The minimum Gasteiger partial charge on any atom is -0.507 e. The molecule has 35 heavy (non-hydrogen) atoms. The second-order valence-corrected chi connectivity index (χ2v) is 8.76. The molecule has 4 rings (SSSR count). The maximum Gasteiger partial charge on any atom is 0.300 e. The van der Waals surface area contributed by atoms with Crippen molar-refractivity contribution in [1.29, 1.82) is 0 Å². The van der Waals surface area contributed by atoms with Crippen molar-refractivity contribution in [3.63, 3.8) is 0 Å². The summed E-state index contributed by atoms with van der Waals surface area (Å²) in [6, 6.07) is 16.2. The van der Waals surface area contributed by atoms with E-state index in [2.05, 4.69) is 13.8 Å². The monoisotopic (exact) mass is 475 g/mol. The highest BCUT2D eigenvalue weighted by Gasteiger charge is 2.48. The zero-order chi connectivity index (χ0) is 24.9. The molecule has 2 aromatic carbocycles. The van der Waals surface area contributed by atoms with Crippen LogP contribution in [-0.4, -0.2) is 30.0 Å². The minimum absolute atomic E-state index is 0.0410. The summed E-state index contributed by atoms with van der Waals surface area (Å²) in [6.45, 7) is 7.21. The Hall–Kier alpha value is -4.00. The largest absolute Gasteiger partial charge is 0.507 e. The molecule has 1 unspecified atom stereocenters. The van der Waals surface area contributed by atoms with Crippen LogP contribution in [0.1, 0.15) is 44.6 Å². The molecule has 1 atom stereocenters. The standard InChI is InChI=1S/C28H29NO6/c1-4-14-33-22-8-5-7-20(16-22)29-25(23-9-6-15-34-23)24(27(31)28(29)32)26(30)19-10-12-21(13-11-19)35-17-18(2)3/h5-13,15-16,18,25,30H,4,14,17H2,1-3H3/b26-24-. The van der Waals surface area contributed by atoms with Gasteiger partial charge in [0.15, 0.2) is 0 Å². The first-order valence-electron chi connectivity index (χ1n) is 11.7. The fourth-order valence-corrected chi connectivity index (χ4v) is 3.89. The van der Waals surface area contributed by atoms with E-state index >= 15 is 0 Å². The molecule has 1 aliphatic heterocycles. The summed E-state index contributed by atoms with van der Waals surface area (Å²) < 4.78 is 17.0. The maximum atomic E-state index is 13.2. The van der Waals surface area contributed by atoms with E-state index in [9.17, 15) is 14.7 Å². The van der Waals surface area contributed by atoms with Gasteiger partial charge in [-0.25, -0.2) is 0 Å². The lowest BCUT2D eigenvalue weighted by Crippen LogP contribution is -2.29. The molecule has 0 bridgehead atoms. The predicted octanol–water partition coefficient (Wildman–Crippen LogP) is 5.73. The van der Waals surface area contributed by atoms with Crippen molar-refractivity contribution in [2.24, 2.45) is 5.92 Å². The average molecular weight is 476 g/mol. The van der Waals surface area contributed by atoms with Crippen molar-refractivity contribution >= 4 is 23.1 Å². The average Bonchev–Trinajstić information content (AvgIpc) is 3.48. The summed E-state index contributed by atoms with van der Waals surface area (Å²) in [4.78, 5) is 27.8. The lowest BCUT2D eigenvalue weighted by molar-refractivity contribution is -0.132. The second-order valence-electron chi connectivity index (χ2n) is 8.76. The molecular weight excluding hydrogens is 446 g/mol. The number of benzene rings is 2. The van der Waals surface area contributed by atoms with Gasteiger partial charge in [-0.15, -0.1) is 0 Å². The van der Waals surface area contributed by atoms with E-state index in [1.54, 1.807) is 60.7 Å². The molecule has 1 aromatic heterocycles. The number of ketones is 1. The summed E-state index contributed by atoms with van der Waals surface area (Å²) >= 11 is 0. The molecule has 1 N–H and O–H groups in total. The molecule has 7 heteroatoms. The summed E-state index contributed by atoms with van der Waals surface area (Å²) in [6.07, 6.45) is 2.31.